The standard InChI is InChI=1S/C11H15N3O.ClH/c1-8-4-6-13-10(7-8)14-11(15)9-3-2-5-12-9;/h4,6-7,9,12H,2-3,5H2,1H3,(H,13,14,15);1H. The summed E-state index contributed by atoms with van der Waals surface area (Å²) in [4.78, 5) is 15.8. The van der Waals surface area contributed by atoms with Gasteiger partial charge in [-0.15, -0.1) is 12.4 Å². The summed E-state index contributed by atoms with van der Waals surface area (Å²) in [5.74, 6) is 0.652. The first-order chi connectivity index (χ1) is 7.25. The number of amides is 1. The van der Waals surface area contributed by atoms with Gasteiger partial charge in [0.25, 0.3) is 0 Å². The molecule has 2 heterocycles. The average molecular weight is 242 g/mol. The van der Waals surface area contributed by atoms with Crippen molar-refractivity contribution in [3.05, 3.63) is 23.9 Å². The summed E-state index contributed by atoms with van der Waals surface area (Å²) < 4.78 is 0. The van der Waals surface area contributed by atoms with Gasteiger partial charge in [-0.05, 0) is 44.0 Å². The molecule has 2 rings (SSSR count). The van der Waals surface area contributed by atoms with E-state index >= 15 is 0 Å². The number of nitrogens with zero attached hydrogens (tertiary/aromatic N) is 1. The maximum absolute atomic E-state index is 11.7. The lowest BCUT2D eigenvalue weighted by molar-refractivity contribution is -0.117. The summed E-state index contributed by atoms with van der Waals surface area (Å²) in [5, 5.41) is 5.96. The molecule has 0 radical (unpaired) electrons. The van der Waals surface area contributed by atoms with E-state index in [0.717, 1.165) is 24.9 Å². The van der Waals surface area contributed by atoms with E-state index < -0.39 is 0 Å². The lowest BCUT2D eigenvalue weighted by Crippen LogP contribution is -2.35. The monoisotopic (exact) mass is 241 g/mol. The van der Waals surface area contributed by atoms with E-state index in [0.29, 0.717) is 5.82 Å². The van der Waals surface area contributed by atoms with Crippen LogP contribution in [0.4, 0.5) is 5.82 Å². The van der Waals surface area contributed by atoms with E-state index in [2.05, 4.69) is 15.6 Å². The number of aromatic nitrogens is 1. The number of pyridine rings is 1. The van der Waals surface area contributed by atoms with Crippen LogP contribution in [0.5, 0.6) is 0 Å². The molecule has 1 amide bonds. The van der Waals surface area contributed by atoms with E-state index in [9.17, 15) is 4.79 Å². The number of carbonyl (C=O) groups excluding carboxylic acids is 1. The summed E-state index contributed by atoms with van der Waals surface area (Å²) in [5.41, 5.74) is 1.10. The van der Waals surface area contributed by atoms with E-state index in [-0.39, 0.29) is 24.4 Å². The van der Waals surface area contributed by atoms with E-state index in [4.69, 9.17) is 0 Å². The molecular formula is C11H16ClN3O. The molecule has 1 saturated heterocycles. The molecule has 4 nitrogen and oxygen atoms in total. The van der Waals surface area contributed by atoms with E-state index in [1.807, 2.05) is 19.1 Å². The predicted octanol–water partition coefficient (Wildman–Crippen LogP) is 1.50. The van der Waals surface area contributed by atoms with Gasteiger partial charge in [-0.3, -0.25) is 4.79 Å². The van der Waals surface area contributed by atoms with Gasteiger partial charge in [0.1, 0.15) is 5.82 Å². The number of anilines is 1. The molecule has 1 aliphatic rings. The van der Waals surface area contributed by atoms with Gasteiger partial charge in [-0.2, -0.15) is 0 Å². The number of carbonyl (C=O) groups is 1. The van der Waals surface area contributed by atoms with Crippen molar-refractivity contribution in [1.29, 1.82) is 0 Å². The minimum atomic E-state index is -0.0488. The van der Waals surface area contributed by atoms with Gasteiger partial charge in [0.15, 0.2) is 0 Å². The van der Waals surface area contributed by atoms with Crippen LogP contribution in [0.1, 0.15) is 18.4 Å². The quantitative estimate of drug-likeness (QED) is 0.825. The molecule has 0 bridgehead atoms. The lowest BCUT2D eigenvalue weighted by atomic mass is 10.2. The number of nitrogens with one attached hydrogen (secondary N) is 2. The molecule has 1 aliphatic heterocycles. The highest BCUT2D eigenvalue weighted by Gasteiger charge is 2.21. The summed E-state index contributed by atoms with van der Waals surface area (Å²) in [6, 6.07) is 3.73. The first-order valence-corrected chi connectivity index (χ1v) is 5.22. The number of hydrogen-bond acceptors (Lipinski definition) is 3. The second-order valence-electron chi connectivity index (χ2n) is 3.86. The van der Waals surface area contributed by atoms with Crippen molar-refractivity contribution in [1.82, 2.24) is 10.3 Å². The smallest absolute Gasteiger partial charge is 0.242 e. The van der Waals surface area contributed by atoms with Crippen molar-refractivity contribution in [3.63, 3.8) is 0 Å². The highest BCUT2D eigenvalue weighted by molar-refractivity contribution is 5.94. The van der Waals surface area contributed by atoms with Gasteiger partial charge < -0.3 is 10.6 Å². The molecule has 0 saturated carbocycles. The van der Waals surface area contributed by atoms with Crippen molar-refractivity contribution in [2.75, 3.05) is 11.9 Å². The van der Waals surface area contributed by atoms with Gasteiger partial charge in [0.2, 0.25) is 5.91 Å². The van der Waals surface area contributed by atoms with E-state index in [1.54, 1.807) is 6.20 Å². The molecule has 0 spiro atoms. The molecule has 1 aromatic heterocycles. The van der Waals surface area contributed by atoms with Crippen LogP contribution < -0.4 is 10.6 Å². The minimum absolute atomic E-state index is 0. The Morgan fingerprint density at radius 2 is 2.44 bits per heavy atom. The largest absolute Gasteiger partial charge is 0.309 e. The van der Waals surface area contributed by atoms with Crippen LogP contribution in [0.15, 0.2) is 18.3 Å². The third kappa shape index (κ3) is 3.18. The molecule has 1 atom stereocenters. The third-order valence-corrected chi connectivity index (χ3v) is 2.54. The zero-order chi connectivity index (χ0) is 10.7. The fraction of sp³-hybridized carbons (Fsp3) is 0.455. The lowest BCUT2D eigenvalue weighted by Gasteiger charge is -2.10. The van der Waals surface area contributed by atoms with Gasteiger partial charge in [0, 0.05) is 6.20 Å². The SMILES string of the molecule is Cc1ccnc(NC(=O)C2CCCN2)c1.Cl. The van der Waals surface area contributed by atoms with Crippen molar-refractivity contribution in [2.24, 2.45) is 0 Å². The molecule has 0 aliphatic carbocycles. The number of aryl methyl sites for hydroxylation is 1. The van der Waals surface area contributed by atoms with Crippen molar-refractivity contribution >= 4 is 24.1 Å². The third-order valence-electron chi connectivity index (χ3n) is 2.54. The number of hydrogen-bond donors (Lipinski definition) is 2. The van der Waals surface area contributed by atoms with Crippen LogP contribution in [0, 0.1) is 6.92 Å². The maximum Gasteiger partial charge on any atom is 0.242 e. The second kappa shape index (κ2) is 5.82. The molecule has 16 heavy (non-hydrogen) atoms. The Bertz CT molecular complexity index is 364. The number of rotatable bonds is 2. The van der Waals surface area contributed by atoms with Crippen molar-refractivity contribution in [2.45, 2.75) is 25.8 Å². The molecular weight excluding hydrogens is 226 g/mol. The van der Waals surface area contributed by atoms with Crippen LogP contribution in [-0.4, -0.2) is 23.5 Å². The highest BCUT2D eigenvalue weighted by atomic mass is 35.5. The van der Waals surface area contributed by atoms with Gasteiger partial charge in [-0.25, -0.2) is 4.98 Å². The zero-order valence-corrected chi connectivity index (χ0v) is 10.0. The highest BCUT2D eigenvalue weighted by Crippen LogP contribution is 2.09. The summed E-state index contributed by atoms with van der Waals surface area (Å²) >= 11 is 0. The first kappa shape index (κ1) is 12.9. The minimum Gasteiger partial charge on any atom is -0.309 e. The van der Waals surface area contributed by atoms with Crippen LogP contribution in [0.3, 0.4) is 0 Å². The summed E-state index contributed by atoms with van der Waals surface area (Å²) in [6.07, 6.45) is 3.68. The Balaban J connectivity index is 0.00000128. The molecule has 1 fully saturated rings. The Hall–Kier alpha value is -1.13. The average Bonchev–Trinajstić information content (AvgIpc) is 2.70. The van der Waals surface area contributed by atoms with Crippen LogP contribution in [-0.2, 0) is 4.79 Å². The molecule has 2 N–H and O–H groups in total. The Morgan fingerprint density at radius 1 is 1.62 bits per heavy atom. The Labute approximate surface area is 101 Å². The van der Waals surface area contributed by atoms with Gasteiger partial charge in [0.05, 0.1) is 6.04 Å². The molecule has 0 aromatic carbocycles. The van der Waals surface area contributed by atoms with Crippen LogP contribution in [0.2, 0.25) is 0 Å². The maximum atomic E-state index is 11.7. The first-order valence-electron chi connectivity index (χ1n) is 5.22. The topological polar surface area (TPSA) is 54.0 Å². The summed E-state index contributed by atoms with van der Waals surface area (Å²) in [7, 11) is 0. The predicted molar refractivity (Wildman–Crippen MR) is 65.9 cm³/mol. The van der Waals surface area contributed by atoms with Gasteiger partial charge in [-0.1, -0.05) is 0 Å². The normalized spacial score (nSPS) is 18.9. The van der Waals surface area contributed by atoms with Gasteiger partial charge >= 0.3 is 0 Å². The summed E-state index contributed by atoms with van der Waals surface area (Å²) in [6.45, 7) is 2.91. The fourth-order valence-electron chi connectivity index (χ4n) is 1.73. The van der Waals surface area contributed by atoms with Crippen molar-refractivity contribution < 1.29 is 4.79 Å². The number of halogens is 1. The molecule has 5 heteroatoms. The Morgan fingerprint density at radius 3 is 3.06 bits per heavy atom. The molecule has 1 unspecified atom stereocenters. The van der Waals surface area contributed by atoms with Crippen LogP contribution >= 0.6 is 12.4 Å². The second-order valence-corrected chi connectivity index (χ2v) is 3.86. The Kier molecular flexibility index (Phi) is 4.71. The molecule has 88 valence electrons. The van der Waals surface area contributed by atoms with Crippen molar-refractivity contribution in [3.8, 4) is 0 Å². The van der Waals surface area contributed by atoms with E-state index in [1.165, 1.54) is 0 Å². The molecule has 1 aromatic rings. The zero-order valence-electron chi connectivity index (χ0n) is 9.19. The van der Waals surface area contributed by atoms with Crippen LogP contribution in [0.25, 0.3) is 0 Å². The fourth-order valence-corrected chi connectivity index (χ4v) is 1.73.